The van der Waals surface area contributed by atoms with Crippen molar-refractivity contribution in [2.24, 2.45) is 0 Å². The molecule has 0 spiro atoms. The molecule has 0 radical (unpaired) electrons. The zero-order valence-electron chi connectivity index (χ0n) is 13.6. The molecule has 1 rings (SSSR count). The van der Waals surface area contributed by atoms with Gasteiger partial charge in [-0.25, -0.2) is 0 Å². The maximum absolute atomic E-state index is 5.60. The van der Waals surface area contributed by atoms with Gasteiger partial charge in [-0.2, -0.15) is 0 Å². The van der Waals surface area contributed by atoms with E-state index in [1.54, 1.807) is 7.11 Å². The molecule has 1 unspecified atom stereocenters. The molecule has 0 amide bonds. The molecule has 0 bridgehead atoms. The summed E-state index contributed by atoms with van der Waals surface area (Å²) in [4.78, 5) is 2.37. The van der Waals surface area contributed by atoms with E-state index in [-0.39, 0.29) is 0 Å². The van der Waals surface area contributed by atoms with Crippen molar-refractivity contribution in [2.75, 3.05) is 73.2 Å². The van der Waals surface area contributed by atoms with Crippen LogP contribution >= 0.6 is 0 Å². The first-order chi connectivity index (χ1) is 10.3. The van der Waals surface area contributed by atoms with Crippen LogP contribution in [0, 0.1) is 0 Å². The minimum atomic E-state index is 0.594. The zero-order valence-corrected chi connectivity index (χ0v) is 13.6. The summed E-state index contributed by atoms with van der Waals surface area (Å²) in [6.07, 6.45) is 2.57. The second-order valence-corrected chi connectivity index (χ2v) is 5.17. The molecular weight excluding hydrogens is 274 g/mol. The van der Waals surface area contributed by atoms with Gasteiger partial charge in [-0.05, 0) is 19.8 Å². The predicted molar refractivity (Wildman–Crippen MR) is 80.6 cm³/mol. The summed E-state index contributed by atoms with van der Waals surface area (Å²) < 4.78 is 26.6. The van der Waals surface area contributed by atoms with Crippen LogP contribution < -0.4 is 0 Å². The number of rotatable bonds is 14. The first-order valence-corrected chi connectivity index (χ1v) is 7.88. The predicted octanol–water partition coefficient (Wildman–Crippen LogP) is 1.14. The summed E-state index contributed by atoms with van der Waals surface area (Å²) in [5, 5.41) is 0. The minimum Gasteiger partial charge on any atom is -0.382 e. The van der Waals surface area contributed by atoms with E-state index in [4.69, 9.17) is 23.7 Å². The van der Waals surface area contributed by atoms with Crippen molar-refractivity contribution in [3.05, 3.63) is 0 Å². The number of methoxy groups -OCH3 is 1. The smallest absolute Gasteiger partial charge is 0.0993 e. The van der Waals surface area contributed by atoms with Crippen molar-refractivity contribution < 1.29 is 23.7 Å². The average Bonchev–Trinajstić information content (AvgIpc) is 2.89. The second kappa shape index (κ2) is 13.4. The standard InChI is InChI=1S/C15H31NO5/c1-15-4-3-5-16(15)14-21-13-12-20-11-10-19-9-8-18-7-6-17-2/h15H,3-14H2,1-2H3. The third kappa shape index (κ3) is 10.2. The van der Waals surface area contributed by atoms with Gasteiger partial charge in [0.15, 0.2) is 0 Å². The van der Waals surface area contributed by atoms with E-state index in [9.17, 15) is 0 Å². The maximum Gasteiger partial charge on any atom is 0.0993 e. The Hall–Kier alpha value is -0.240. The van der Waals surface area contributed by atoms with Crippen molar-refractivity contribution in [1.29, 1.82) is 0 Å². The van der Waals surface area contributed by atoms with E-state index in [2.05, 4.69) is 11.8 Å². The molecule has 0 aliphatic carbocycles. The average molecular weight is 305 g/mol. The fourth-order valence-electron chi connectivity index (χ4n) is 2.17. The molecule has 0 aromatic heterocycles. The molecule has 0 N–H and O–H groups in total. The molecule has 0 saturated carbocycles. The molecule has 0 aromatic rings. The molecule has 126 valence electrons. The summed E-state index contributed by atoms with van der Waals surface area (Å²) in [6, 6.07) is 0.658. The maximum atomic E-state index is 5.60. The molecule has 1 fully saturated rings. The summed E-state index contributed by atoms with van der Waals surface area (Å²) >= 11 is 0. The highest BCUT2D eigenvalue weighted by Crippen LogP contribution is 2.15. The Balaban J connectivity index is 1.71. The summed E-state index contributed by atoms with van der Waals surface area (Å²) in [6.45, 7) is 9.02. The lowest BCUT2D eigenvalue weighted by Gasteiger charge is -2.20. The van der Waals surface area contributed by atoms with Crippen LogP contribution in [0.25, 0.3) is 0 Å². The second-order valence-electron chi connectivity index (χ2n) is 5.17. The third-order valence-electron chi connectivity index (χ3n) is 3.50. The van der Waals surface area contributed by atoms with Gasteiger partial charge in [0.1, 0.15) is 0 Å². The van der Waals surface area contributed by atoms with Crippen molar-refractivity contribution in [3.63, 3.8) is 0 Å². The molecule has 1 aliphatic rings. The lowest BCUT2D eigenvalue weighted by atomic mass is 10.2. The van der Waals surface area contributed by atoms with Crippen molar-refractivity contribution >= 4 is 0 Å². The van der Waals surface area contributed by atoms with E-state index in [1.807, 2.05) is 0 Å². The van der Waals surface area contributed by atoms with Gasteiger partial charge in [0.25, 0.3) is 0 Å². The first kappa shape index (κ1) is 18.8. The Kier molecular flexibility index (Phi) is 12.0. The van der Waals surface area contributed by atoms with Crippen LogP contribution in [-0.4, -0.2) is 84.2 Å². The first-order valence-electron chi connectivity index (χ1n) is 7.88. The highest BCUT2D eigenvalue weighted by Gasteiger charge is 2.19. The molecule has 1 heterocycles. The Morgan fingerprint density at radius 3 is 1.81 bits per heavy atom. The molecular formula is C15H31NO5. The quantitative estimate of drug-likeness (QED) is 0.449. The fourth-order valence-corrected chi connectivity index (χ4v) is 2.17. The lowest BCUT2D eigenvalue weighted by Crippen LogP contribution is -2.30. The number of ether oxygens (including phenoxy) is 5. The molecule has 6 nitrogen and oxygen atoms in total. The van der Waals surface area contributed by atoms with Crippen molar-refractivity contribution in [1.82, 2.24) is 4.90 Å². The van der Waals surface area contributed by atoms with Crippen molar-refractivity contribution in [2.45, 2.75) is 25.8 Å². The molecule has 6 heteroatoms. The fraction of sp³-hybridized carbons (Fsp3) is 1.00. The topological polar surface area (TPSA) is 49.4 Å². The van der Waals surface area contributed by atoms with E-state index in [0.717, 1.165) is 13.3 Å². The molecule has 1 aliphatic heterocycles. The van der Waals surface area contributed by atoms with Gasteiger partial charge >= 0.3 is 0 Å². The van der Waals surface area contributed by atoms with Gasteiger partial charge in [-0.1, -0.05) is 0 Å². The normalized spacial score (nSPS) is 19.4. The number of likely N-dealkylation sites (tertiary alicyclic amines) is 1. The van der Waals surface area contributed by atoms with E-state index in [0.29, 0.717) is 58.9 Å². The van der Waals surface area contributed by atoms with Crippen molar-refractivity contribution in [3.8, 4) is 0 Å². The lowest BCUT2D eigenvalue weighted by molar-refractivity contribution is -0.0264. The molecule has 21 heavy (non-hydrogen) atoms. The molecule has 0 aromatic carbocycles. The SMILES string of the molecule is COCCOCCOCCOCCOCN1CCCC1C. The van der Waals surface area contributed by atoms with Crippen LogP contribution in [0.5, 0.6) is 0 Å². The minimum absolute atomic E-state index is 0.594. The molecule has 1 atom stereocenters. The zero-order chi connectivity index (χ0) is 15.2. The largest absolute Gasteiger partial charge is 0.382 e. The van der Waals surface area contributed by atoms with Crippen LogP contribution in [0.3, 0.4) is 0 Å². The van der Waals surface area contributed by atoms with Crippen LogP contribution in [0.2, 0.25) is 0 Å². The van der Waals surface area contributed by atoms with Gasteiger partial charge in [0.2, 0.25) is 0 Å². The summed E-state index contributed by atoms with van der Waals surface area (Å²) in [5.74, 6) is 0. The van der Waals surface area contributed by atoms with Gasteiger partial charge in [0.05, 0.1) is 59.6 Å². The Labute approximate surface area is 128 Å². The summed E-state index contributed by atoms with van der Waals surface area (Å²) in [5.41, 5.74) is 0. The van der Waals surface area contributed by atoms with E-state index in [1.165, 1.54) is 12.8 Å². The Morgan fingerprint density at radius 1 is 0.810 bits per heavy atom. The van der Waals surface area contributed by atoms with Crippen LogP contribution in [-0.2, 0) is 23.7 Å². The van der Waals surface area contributed by atoms with Crippen LogP contribution in [0.15, 0.2) is 0 Å². The molecule has 1 saturated heterocycles. The number of hydrogen-bond donors (Lipinski definition) is 0. The van der Waals surface area contributed by atoms with Gasteiger partial charge < -0.3 is 23.7 Å². The van der Waals surface area contributed by atoms with E-state index < -0.39 is 0 Å². The van der Waals surface area contributed by atoms with Gasteiger partial charge in [-0.15, -0.1) is 0 Å². The number of hydrogen-bond acceptors (Lipinski definition) is 6. The highest BCUT2D eigenvalue weighted by molar-refractivity contribution is 4.72. The highest BCUT2D eigenvalue weighted by atomic mass is 16.6. The van der Waals surface area contributed by atoms with Crippen LogP contribution in [0.4, 0.5) is 0 Å². The van der Waals surface area contributed by atoms with Gasteiger partial charge in [-0.3, -0.25) is 4.90 Å². The van der Waals surface area contributed by atoms with Crippen LogP contribution in [0.1, 0.15) is 19.8 Å². The third-order valence-corrected chi connectivity index (χ3v) is 3.50. The number of nitrogens with zero attached hydrogens (tertiary/aromatic N) is 1. The Morgan fingerprint density at radius 2 is 1.33 bits per heavy atom. The summed E-state index contributed by atoms with van der Waals surface area (Å²) in [7, 11) is 1.66. The van der Waals surface area contributed by atoms with Gasteiger partial charge in [0, 0.05) is 19.7 Å². The Bertz CT molecular complexity index is 230. The monoisotopic (exact) mass is 305 g/mol. The van der Waals surface area contributed by atoms with E-state index >= 15 is 0 Å².